The Morgan fingerprint density at radius 2 is 1.57 bits per heavy atom. The summed E-state index contributed by atoms with van der Waals surface area (Å²) in [7, 11) is 1.96. The highest BCUT2D eigenvalue weighted by Gasteiger charge is 2.60. The van der Waals surface area contributed by atoms with Gasteiger partial charge in [-0.05, 0) is 68.8 Å². The minimum Gasteiger partial charge on any atom is -0.456 e. The summed E-state index contributed by atoms with van der Waals surface area (Å²) in [4.78, 5) is 80.7. The first-order valence-corrected chi connectivity index (χ1v) is 18.1. The maximum absolute atomic E-state index is 13.7. The molecule has 7 atom stereocenters. The van der Waals surface area contributed by atoms with Gasteiger partial charge in [0.15, 0.2) is 0 Å². The van der Waals surface area contributed by atoms with E-state index in [4.69, 9.17) is 9.47 Å². The average Bonchev–Trinajstić information content (AvgIpc) is 3.81. The number of benzene rings is 2. The molecule has 3 saturated heterocycles. The fourth-order valence-electron chi connectivity index (χ4n) is 7.41. The molecule has 4 aliphatic heterocycles. The van der Waals surface area contributed by atoms with Crippen LogP contribution in [0.15, 0.2) is 59.1 Å². The molecule has 282 valence electrons. The summed E-state index contributed by atoms with van der Waals surface area (Å²) in [5, 5.41) is 35.2. The van der Waals surface area contributed by atoms with Crippen molar-refractivity contribution >= 4 is 47.0 Å². The van der Waals surface area contributed by atoms with Gasteiger partial charge in [-0.3, -0.25) is 34.7 Å². The van der Waals surface area contributed by atoms with Crippen LogP contribution in [0.4, 0.5) is 16.2 Å². The van der Waals surface area contributed by atoms with Crippen LogP contribution in [0, 0.1) is 32.1 Å². The maximum Gasteiger partial charge on any atom is 0.410 e. The largest absolute Gasteiger partial charge is 0.456 e. The van der Waals surface area contributed by atoms with Crippen LogP contribution >= 0.6 is 11.8 Å². The van der Waals surface area contributed by atoms with Gasteiger partial charge in [0.05, 0.1) is 27.9 Å². The molecule has 17 nitrogen and oxygen atoms in total. The predicted octanol–water partition coefficient (Wildman–Crippen LogP) is 2.95. The number of carbonyl (C=O) groups excluding carboxylic acids is 4. The number of hydrogen-bond acceptors (Lipinski definition) is 13. The summed E-state index contributed by atoms with van der Waals surface area (Å²) < 4.78 is 11.2. The molecule has 0 spiro atoms. The van der Waals surface area contributed by atoms with Crippen molar-refractivity contribution in [2.24, 2.45) is 11.8 Å². The number of fused-ring (bicyclic) bond motifs is 1. The molecule has 0 radical (unpaired) electrons. The molecular formula is C35H40N6O11S. The number of aliphatic hydroxyl groups excluding tert-OH is 1. The summed E-state index contributed by atoms with van der Waals surface area (Å²) in [6.45, 7) is 4.53. The van der Waals surface area contributed by atoms with Crippen molar-refractivity contribution in [3.05, 3.63) is 90.5 Å². The molecule has 2 aromatic carbocycles. The number of amides is 3. The van der Waals surface area contributed by atoms with E-state index in [1.165, 1.54) is 77.0 Å². The van der Waals surface area contributed by atoms with E-state index >= 15 is 0 Å². The Morgan fingerprint density at radius 1 is 0.981 bits per heavy atom. The van der Waals surface area contributed by atoms with Crippen LogP contribution in [0.1, 0.15) is 37.8 Å². The van der Waals surface area contributed by atoms with Crippen LogP contribution in [-0.4, -0.2) is 110 Å². The lowest BCUT2D eigenvalue weighted by Gasteiger charge is -2.46. The fourth-order valence-corrected chi connectivity index (χ4v) is 8.93. The topological polar surface area (TPSA) is 215 Å². The Labute approximate surface area is 308 Å². The fraction of sp³-hybridized carbons (Fsp3) is 0.486. The van der Waals surface area contributed by atoms with Crippen molar-refractivity contribution < 1.29 is 43.6 Å². The second-order valence-electron chi connectivity index (χ2n) is 13.8. The molecule has 4 heterocycles. The summed E-state index contributed by atoms with van der Waals surface area (Å²) in [5.74, 6) is -2.67. The zero-order chi connectivity index (χ0) is 38.1. The molecule has 0 saturated carbocycles. The molecule has 0 unspecified atom stereocenters. The minimum absolute atomic E-state index is 0.0329. The Kier molecular flexibility index (Phi) is 11.0. The molecule has 4 aliphatic rings. The van der Waals surface area contributed by atoms with Gasteiger partial charge in [-0.15, -0.1) is 11.8 Å². The van der Waals surface area contributed by atoms with Crippen LogP contribution in [0.2, 0.25) is 0 Å². The zero-order valence-corrected chi connectivity index (χ0v) is 30.1. The minimum atomic E-state index is -0.969. The van der Waals surface area contributed by atoms with E-state index in [1.54, 1.807) is 0 Å². The molecule has 2 aromatic rings. The highest BCUT2D eigenvalue weighted by atomic mass is 32.2. The van der Waals surface area contributed by atoms with E-state index in [2.05, 4.69) is 10.2 Å². The second-order valence-corrected chi connectivity index (χ2v) is 15.2. The summed E-state index contributed by atoms with van der Waals surface area (Å²) in [6, 6.07) is 9.60. The van der Waals surface area contributed by atoms with Crippen LogP contribution in [0.25, 0.3) is 0 Å². The normalized spacial score (nSPS) is 25.8. The number of nitro benzene ring substituents is 2. The van der Waals surface area contributed by atoms with Gasteiger partial charge in [0.25, 0.3) is 11.4 Å². The van der Waals surface area contributed by atoms with E-state index in [0.29, 0.717) is 22.6 Å². The summed E-state index contributed by atoms with van der Waals surface area (Å²) >= 11 is 1.28. The number of likely N-dealkylation sites (N-methyl/N-ethyl adjacent to an activating group) is 1. The number of rotatable bonds is 12. The van der Waals surface area contributed by atoms with Gasteiger partial charge in [-0.1, -0.05) is 6.92 Å². The SMILES string of the molecule is C[C@@H](O)[C@H]1C(=O)N2C(C(=O)OCc3ccc([N+](=O)[O-])cc3)=C(S[C@H]3C[C@@H](C(=O)N[C@H]4CCN(C)C4)N(C(=O)OCc4ccc([N+](=O)[O-])cc4)C3)[C@H](C)[C@H]12. The summed E-state index contributed by atoms with van der Waals surface area (Å²) in [6.07, 6.45) is -0.753. The van der Waals surface area contributed by atoms with E-state index in [1.807, 2.05) is 14.0 Å². The number of non-ortho nitro benzene ring substituents is 2. The molecule has 0 aromatic heterocycles. The highest BCUT2D eigenvalue weighted by molar-refractivity contribution is 8.03. The monoisotopic (exact) mass is 752 g/mol. The van der Waals surface area contributed by atoms with Crippen molar-refractivity contribution in [1.29, 1.82) is 0 Å². The van der Waals surface area contributed by atoms with E-state index in [0.717, 1.165) is 13.0 Å². The lowest BCUT2D eigenvalue weighted by Crippen LogP contribution is -2.63. The number of thioether (sulfide) groups is 1. The third-order valence-electron chi connectivity index (χ3n) is 10.2. The molecule has 3 amide bonds. The van der Waals surface area contributed by atoms with Gasteiger partial charge < -0.3 is 29.7 Å². The van der Waals surface area contributed by atoms with Crippen LogP contribution in [0.5, 0.6) is 0 Å². The van der Waals surface area contributed by atoms with Crippen LogP contribution < -0.4 is 5.32 Å². The second kappa shape index (κ2) is 15.5. The Morgan fingerprint density at radius 3 is 2.09 bits per heavy atom. The first kappa shape index (κ1) is 37.7. The van der Waals surface area contributed by atoms with E-state index < -0.39 is 57.2 Å². The third-order valence-corrected chi connectivity index (χ3v) is 11.7. The molecule has 0 bridgehead atoms. The molecule has 0 aliphatic carbocycles. The van der Waals surface area contributed by atoms with Crippen molar-refractivity contribution in [2.75, 3.05) is 26.7 Å². The molecule has 2 N–H and O–H groups in total. The molecule has 18 heteroatoms. The number of hydrogen-bond donors (Lipinski definition) is 2. The molecule has 3 fully saturated rings. The lowest BCUT2D eigenvalue weighted by atomic mass is 9.79. The van der Waals surface area contributed by atoms with Crippen LogP contribution in [0.3, 0.4) is 0 Å². The van der Waals surface area contributed by atoms with Gasteiger partial charge in [-0.2, -0.15) is 0 Å². The van der Waals surface area contributed by atoms with Gasteiger partial charge in [0, 0.05) is 59.5 Å². The third kappa shape index (κ3) is 7.84. The number of likely N-dealkylation sites (tertiary alicyclic amines) is 2. The lowest BCUT2D eigenvalue weighted by molar-refractivity contribution is -0.385. The Bertz CT molecular complexity index is 1820. The Balaban J connectivity index is 1.22. The Hall–Kier alpha value is -5.07. The first-order valence-electron chi connectivity index (χ1n) is 17.2. The zero-order valence-electron chi connectivity index (χ0n) is 29.3. The number of nitrogens with zero attached hydrogens (tertiary/aromatic N) is 5. The molecule has 6 rings (SSSR count). The molecular weight excluding hydrogens is 712 g/mol. The quantitative estimate of drug-likeness (QED) is 0.138. The summed E-state index contributed by atoms with van der Waals surface area (Å²) in [5.41, 5.74) is 0.829. The maximum atomic E-state index is 13.7. The number of nitro groups is 2. The van der Waals surface area contributed by atoms with Gasteiger partial charge in [0.1, 0.15) is 25.0 Å². The number of aliphatic hydroxyl groups is 1. The first-order chi connectivity index (χ1) is 25.2. The average molecular weight is 753 g/mol. The smallest absolute Gasteiger partial charge is 0.410 e. The van der Waals surface area contributed by atoms with Crippen molar-refractivity contribution in [2.45, 2.75) is 69.4 Å². The van der Waals surface area contributed by atoms with Crippen molar-refractivity contribution in [3.63, 3.8) is 0 Å². The number of β-lactam (4-membered cyclic amide) rings is 1. The van der Waals surface area contributed by atoms with Crippen LogP contribution in [-0.2, 0) is 37.1 Å². The number of carbonyl (C=O) groups is 4. The number of ether oxygens (including phenoxy) is 2. The van der Waals surface area contributed by atoms with Gasteiger partial charge in [-0.25, -0.2) is 9.59 Å². The van der Waals surface area contributed by atoms with Gasteiger partial charge >= 0.3 is 12.1 Å². The standard InChI is InChI=1S/C35H40N6O11S/c1-19-29-28(20(2)42)33(44)39(29)30(34(45)51-17-21-4-8-24(9-5-21)40(47)48)31(19)53-26-14-27(32(43)36-23-12-13-37(3)15-23)38(16-26)35(46)52-18-22-6-10-25(11-7-22)41(49)50/h4-11,19-20,23,26-29,42H,12-18H2,1-3H3,(H,36,43)/t19-,20-,23+,26+,27+,28-,29-/m1/s1. The van der Waals surface area contributed by atoms with E-state index in [-0.39, 0.29) is 61.1 Å². The highest BCUT2D eigenvalue weighted by Crippen LogP contribution is 2.52. The number of nitrogens with one attached hydrogen (secondary N) is 1. The molecule has 53 heavy (non-hydrogen) atoms. The van der Waals surface area contributed by atoms with Crippen molar-refractivity contribution in [3.8, 4) is 0 Å². The number of esters is 1. The predicted molar refractivity (Wildman–Crippen MR) is 189 cm³/mol. The van der Waals surface area contributed by atoms with E-state index in [9.17, 15) is 44.5 Å². The van der Waals surface area contributed by atoms with Crippen molar-refractivity contribution in [1.82, 2.24) is 20.0 Å². The van der Waals surface area contributed by atoms with Gasteiger partial charge in [0.2, 0.25) is 11.8 Å².